The number of fused-ring (bicyclic) bond motifs is 1. The molecule has 3 aromatic rings. The van der Waals surface area contributed by atoms with Crippen LogP contribution < -0.4 is 9.80 Å². The number of para-hydroxylation sites is 1. The van der Waals surface area contributed by atoms with Gasteiger partial charge in [0.05, 0.1) is 29.6 Å². The highest BCUT2D eigenvalue weighted by Crippen LogP contribution is 2.34. The largest absolute Gasteiger partial charge is 0.417 e. The molecular formula is C25H20F4N4O2. The lowest BCUT2D eigenvalue weighted by atomic mass is 10.0. The average molecular weight is 484 g/mol. The van der Waals surface area contributed by atoms with E-state index in [0.29, 0.717) is 43.5 Å². The smallest absolute Gasteiger partial charge is 0.367 e. The minimum atomic E-state index is -4.76. The number of pyridine rings is 1. The highest BCUT2D eigenvalue weighted by molar-refractivity contribution is 6.08. The van der Waals surface area contributed by atoms with Crippen molar-refractivity contribution in [2.24, 2.45) is 0 Å². The number of aromatic nitrogens is 1. The zero-order valence-corrected chi connectivity index (χ0v) is 18.4. The zero-order valence-electron chi connectivity index (χ0n) is 18.4. The van der Waals surface area contributed by atoms with Crippen LogP contribution in [0.25, 0.3) is 0 Å². The van der Waals surface area contributed by atoms with Crippen LogP contribution in [0.3, 0.4) is 0 Å². The van der Waals surface area contributed by atoms with Crippen LogP contribution in [-0.2, 0) is 12.7 Å². The summed E-state index contributed by atoms with van der Waals surface area (Å²) in [5.74, 6) is -1.93. The molecule has 0 spiro atoms. The topological polar surface area (TPSA) is 56.8 Å². The molecule has 0 radical (unpaired) electrons. The minimum Gasteiger partial charge on any atom is -0.367 e. The van der Waals surface area contributed by atoms with Crippen LogP contribution in [0, 0.1) is 5.82 Å². The third-order valence-corrected chi connectivity index (χ3v) is 6.25. The molecule has 0 bridgehead atoms. The number of benzene rings is 2. The molecule has 2 aromatic carbocycles. The van der Waals surface area contributed by atoms with Gasteiger partial charge in [-0.15, -0.1) is 0 Å². The number of alkyl halides is 3. The van der Waals surface area contributed by atoms with Crippen LogP contribution in [0.5, 0.6) is 0 Å². The van der Waals surface area contributed by atoms with Crippen molar-refractivity contribution in [1.82, 2.24) is 9.88 Å². The van der Waals surface area contributed by atoms with E-state index >= 15 is 0 Å². The van der Waals surface area contributed by atoms with E-state index in [2.05, 4.69) is 4.98 Å². The molecule has 0 atom stereocenters. The summed E-state index contributed by atoms with van der Waals surface area (Å²) in [6, 6.07) is 13.1. The number of nitrogens with zero attached hydrogens (tertiary/aromatic N) is 4. The lowest BCUT2D eigenvalue weighted by molar-refractivity contribution is -0.138. The van der Waals surface area contributed by atoms with Crippen molar-refractivity contribution < 1.29 is 27.2 Å². The first-order valence-electron chi connectivity index (χ1n) is 11.0. The van der Waals surface area contributed by atoms with E-state index < -0.39 is 29.0 Å². The Labute approximate surface area is 198 Å². The fraction of sp³-hybridized carbons (Fsp3) is 0.240. The number of amides is 2. The van der Waals surface area contributed by atoms with E-state index in [-0.39, 0.29) is 19.0 Å². The molecule has 2 amide bonds. The second-order valence-corrected chi connectivity index (χ2v) is 8.40. The highest BCUT2D eigenvalue weighted by atomic mass is 19.4. The summed E-state index contributed by atoms with van der Waals surface area (Å²) < 4.78 is 53.6. The molecule has 10 heteroatoms. The second-order valence-electron chi connectivity index (χ2n) is 8.40. The summed E-state index contributed by atoms with van der Waals surface area (Å²) in [5, 5.41) is 0. The Balaban J connectivity index is 1.29. The van der Waals surface area contributed by atoms with Crippen LogP contribution in [0.2, 0.25) is 0 Å². The molecular weight excluding hydrogens is 464 g/mol. The molecule has 5 rings (SSSR count). The highest BCUT2D eigenvalue weighted by Gasteiger charge is 2.37. The van der Waals surface area contributed by atoms with Gasteiger partial charge in [-0.2, -0.15) is 13.2 Å². The summed E-state index contributed by atoms with van der Waals surface area (Å²) in [6.45, 7) is 1.44. The van der Waals surface area contributed by atoms with Gasteiger partial charge in [-0.1, -0.05) is 18.2 Å². The van der Waals surface area contributed by atoms with Crippen LogP contribution in [0.1, 0.15) is 32.0 Å². The molecule has 0 saturated carbocycles. The first-order valence-corrected chi connectivity index (χ1v) is 11.0. The SMILES string of the molecule is O=C(c1cc(F)ccc1C(F)(F)F)N1CCN(c2cnc3c(c2)CN(c2ccccc2)C3=O)CC1. The fourth-order valence-electron chi connectivity index (χ4n) is 4.45. The van der Waals surface area contributed by atoms with Gasteiger partial charge in [0.1, 0.15) is 11.5 Å². The molecule has 0 aliphatic carbocycles. The van der Waals surface area contributed by atoms with Crippen molar-refractivity contribution in [2.45, 2.75) is 12.7 Å². The molecule has 0 N–H and O–H groups in total. The lowest BCUT2D eigenvalue weighted by Gasteiger charge is -2.36. The molecule has 2 aliphatic rings. The normalized spacial score (nSPS) is 16.0. The van der Waals surface area contributed by atoms with Crippen LogP contribution in [-0.4, -0.2) is 47.9 Å². The summed E-state index contributed by atoms with van der Waals surface area (Å²) >= 11 is 0. The van der Waals surface area contributed by atoms with Crippen molar-refractivity contribution in [3.8, 4) is 0 Å². The van der Waals surface area contributed by atoms with Gasteiger partial charge >= 0.3 is 6.18 Å². The van der Waals surface area contributed by atoms with Gasteiger partial charge in [0, 0.05) is 37.4 Å². The monoisotopic (exact) mass is 484 g/mol. The number of rotatable bonds is 3. The van der Waals surface area contributed by atoms with Gasteiger partial charge < -0.3 is 14.7 Å². The Morgan fingerprint density at radius 3 is 2.31 bits per heavy atom. The Hall–Kier alpha value is -3.95. The molecule has 180 valence electrons. The third-order valence-electron chi connectivity index (χ3n) is 6.25. The van der Waals surface area contributed by atoms with Crippen molar-refractivity contribution >= 4 is 23.2 Å². The molecule has 35 heavy (non-hydrogen) atoms. The van der Waals surface area contributed by atoms with Crippen molar-refractivity contribution in [1.29, 1.82) is 0 Å². The number of carbonyl (C=O) groups excluding carboxylic acids is 2. The van der Waals surface area contributed by atoms with E-state index in [1.54, 1.807) is 11.1 Å². The third kappa shape index (κ3) is 4.31. The number of carbonyl (C=O) groups is 2. The summed E-state index contributed by atoms with van der Waals surface area (Å²) in [6.07, 6.45) is -3.17. The van der Waals surface area contributed by atoms with E-state index in [9.17, 15) is 27.2 Å². The molecule has 1 saturated heterocycles. The summed E-state index contributed by atoms with van der Waals surface area (Å²) in [7, 11) is 0. The maximum Gasteiger partial charge on any atom is 0.417 e. The zero-order chi connectivity index (χ0) is 24.7. The van der Waals surface area contributed by atoms with Gasteiger partial charge in [-0.05, 0) is 36.4 Å². The van der Waals surface area contributed by atoms with E-state index in [1.807, 2.05) is 41.3 Å². The number of hydrogen-bond acceptors (Lipinski definition) is 4. The first kappa shape index (κ1) is 22.8. The Kier molecular flexibility index (Phi) is 5.66. The Morgan fingerprint density at radius 2 is 1.63 bits per heavy atom. The van der Waals surface area contributed by atoms with Crippen molar-refractivity contribution in [3.05, 3.63) is 89.0 Å². The fourth-order valence-corrected chi connectivity index (χ4v) is 4.45. The van der Waals surface area contributed by atoms with E-state index in [1.165, 1.54) is 4.90 Å². The summed E-state index contributed by atoms with van der Waals surface area (Å²) in [5.41, 5.74) is 0.869. The van der Waals surface area contributed by atoms with E-state index in [0.717, 1.165) is 16.9 Å². The quantitative estimate of drug-likeness (QED) is 0.519. The minimum absolute atomic E-state index is 0.165. The molecule has 2 aliphatic heterocycles. The van der Waals surface area contributed by atoms with Crippen molar-refractivity contribution in [2.75, 3.05) is 36.0 Å². The molecule has 6 nitrogen and oxygen atoms in total. The van der Waals surface area contributed by atoms with Crippen molar-refractivity contribution in [3.63, 3.8) is 0 Å². The number of anilines is 2. The predicted molar refractivity (Wildman–Crippen MR) is 121 cm³/mol. The van der Waals surface area contributed by atoms with Gasteiger partial charge in [0.25, 0.3) is 11.8 Å². The molecule has 3 heterocycles. The number of piperazine rings is 1. The first-order chi connectivity index (χ1) is 16.7. The van der Waals surface area contributed by atoms with Crippen LogP contribution >= 0.6 is 0 Å². The maximum absolute atomic E-state index is 13.6. The average Bonchev–Trinajstić information content (AvgIpc) is 3.19. The Bertz CT molecular complexity index is 1290. The van der Waals surface area contributed by atoms with Gasteiger partial charge in [0.2, 0.25) is 0 Å². The predicted octanol–water partition coefficient (Wildman–Crippen LogP) is 4.36. The Morgan fingerprint density at radius 1 is 0.914 bits per heavy atom. The standard InChI is InChI=1S/C25H20F4N4O2/c26-17-6-7-21(25(27,28)29)20(13-17)23(34)32-10-8-31(9-11-32)19-12-16-15-33(18-4-2-1-3-5-18)24(35)22(16)30-14-19/h1-7,12-14H,8-11,15H2. The molecule has 0 unspecified atom stereocenters. The van der Waals surface area contributed by atoms with Gasteiger partial charge in [0.15, 0.2) is 0 Å². The van der Waals surface area contributed by atoms with E-state index in [4.69, 9.17) is 0 Å². The molecule has 1 aromatic heterocycles. The number of halogens is 4. The lowest BCUT2D eigenvalue weighted by Crippen LogP contribution is -2.49. The second kappa shape index (κ2) is 8.68. The molecule has 1 fully saturated rings. The summed E-state index contributed by atoms with van der Waals surface area (Å²) in [4.78, 5) is 34.8. The number of hydrogen-bond donors (Lipinski definition) is 0. The van der Waals surface area contributed by atoms with Crippen LogP contribution in [0.15, 0.2) is 60.8 Å². The maximum atomic E-state index is 13.6. The van der Waals surface area contributed by atoms with Crippen LogP contribution in [0.4, 0.5) is 28.9 Å². The van der Waals surface area contributed by atoms with Gasteiger partial charge in [-0.25, -0.2) is 9.37 Å². The van der Waals surface area contributed by atoms with Gasteiger partial charge in [-0.3, -0.25) is 9.59 Å².